The molecule has 3 rings (SSSR count). The zero-order valence-corrected chi connectivity index (χ0v) is 24.9. The number of hydrogen-bond acceptors (Lipinski definition) is 8. The van der Waals surface area contributed by atoms with Gasteiger partial charge in [-0.05, 0) is 59.4 Å². The van der Waals surface area contributed by atoms with Crippen molar-refractivity contribution in [2.45, 2.75) is 74.0 Å². The van der Waals surface area contributed by atoms with Crippen LogP contribution in [-0.4, -0.2) is 40.3 Å². The summed E-state index contributed by atoms with van der Waals surface area (Å²) < 4.78 is 15.6. The van der Waals surface area contributed by atoms with Crippen LogP contribution in [-0.2, 0) is 22.4 Å². The van der Waals surface area contributed by atoms with Crippen LogP contribution in [0.1, 0.15) is 74.5 Å². The van der Waals surface area contributed by atoms with Crippen LogP contribution >= 0.6 is 0 Å². The summed E-state index contributed by atoms with van der Waals surface area (Å²) in [4.78, 5) is 46.4. The zero-order valence-electron chi connectivity index (χ0n) is 24.9. The summed E-state index contributed by atoms with van der Waals surface area (Å²) in [5, 5.41) is 8.25. The van der Waals surface area contributed by atoms with Crippen molar-refractivity contribution in [2.24, 2.45) is 5.92 Å². The lowest BCUT2D eigenvalue weighted by Crippen LogP contribution is -2.32. The molecular weight excluding hydrogens is 526 g/mol. The van der Waals surface area contributed by atoms with Gasteiger partial charge in [-0.15, -0.1) is 0 Å². The number of alkyl carbamates (subject to hydrolysis) is 1. The van der Waals surface area contributed by atoms with Gasteiger partial charge in [0.25, 0.3) is 0 Å². The number of nitrogens with one attached hydrogen (secondary N) is 3. The number of carbonyl (C=O) groups is 3. The van der Waals surface area contributed by atoms with E-state index in [0.717, 1.165) is 34.2 Å². The molecular formula is C30H39N5O6. The largest absolute Gasteiger partial charge is 0.461 e. The number of hydrogen-bond donors (Lipinski definition) is 3. The molecule has 0 bridgehead atoms. The zero-order chi connectivity index (χ0) is 30.3. The summed E-state index contributed by atoms with van der Waals surface area (Å²) in [7, 11) is 0. The number of aryl methyl sites for hydroxylation is 2. The number of carbonyl (C=O) groups excluding carboxylic acids is 3. The molecule has 0 aliphatic heterocycles. The van der Waals surface area contributed by atoms with E-state index < -0.39 is 23.7 Å². The first-order valence-corrected chi connectivity index (χ1v) is 13.5. The van der Waals surface area contributed by atoms with E-state index in [0.29, 0.717) is 17.8 Å². The van der Waals surface area contributed by atoms with Crippen molar-refractivity contribution in [3.05, 3.63) is 58.7 Å². The Morgan fingerprint density at radius 1 is 1.02 bits per heavy atom. The van der Waals surface area contributed by atoms with Crippen LogP contribution in [0.3, 0.4) is 0 Å². The van der Waals surface area contributed by atoms with Crippen LogP contribution in [0.5, 0.6) is 0 Å². The Bertz CT molecular complexity index is 1390. The predicted molar refractivity (Wildman–Crippen MR) is 156 cm³/mol. The normalized spacial score (nSPS) is 11.2. The minimum absolute atomic E-state index is 0.0612. The average molecular weight is 566 g/mol. The Kier molecular flexibility index (Phi) is 10.1. The fourth-order valence-corrected chi connectivity index (χ4v) is 4.09. The minimum atomic E-state index is -0.659. The monoisotopic (exact) mass is 565 g/mol. The summed E-state index contributed by atoms with van der Waals surface area (Å²) in [5.74, 6) is -0.372. The molecule has 41 heavy (non-hydrogen) atoms. The summed E-state index contributed by atoms with van der Waals surface area (Å²) in [6.45, 7) is 15.4. The highest BCUT2D eigenvalue weighted by Gasteiger charge is 2.24. The fourth-order valence-electron chi connectivity index (χ4n) is 4.09. The Balaban J connectivity index is 2.03. The third-order valence-corrected chi connectivity index (χ3v) is 5.76. The topological polar surface area (TPSA) is 145 Å². The van der Waals surface area contributed by atoms with E-state index in [4.69, 9.17) is 18.9 Å². The molecule has 0 fully saturated rings. The minimum Gasteiger partial charge on any atom is -0.461 e. The van der Waals surface area contributed by atoms with Crippen LogP contribution in [0.25, 0.3) is 11.1 Å². The van der Waals surface area contributed by atoms with Crippen LogP contribution < -0.4 is 16.0 Å². The first-order valence-electron chi connectivity index (χ1n) is 13.5. The van der Waals surface area contributed by atoms with Crippen LogP contribution in [0.4, 0.5) is 21.3 Å². The number of benzene rings is 1. The first kappa shape index (κ1) is 31.1. The van der Waals surface area contributed by atoms with Gasteiger partial charge in [0.1, 0.15) is 11.9 Å². The van der Waals surface area contributed by atoms with E-state index in [1.165, 1.54) is 0 Å². The number of esters is 1. The maximum absolute atomic E-state index is 13.1. The molecule has 0 aliphatic carbocycles. The molecule has 11 heteroatoms. The van der Waals surface area contributed by atoms with E-state index >= 15 is 0 Å². The Morgan fingerprint density at radius 2 is 1.71 bits per heavy atom. The van der Waals surface area contributed by atoms with Gasteiger partial charge >= 0.3 is 24.1 Å². The first-order chi connectivity index (χ1) is 19.3. The number of ether oxygens (including phenoxy) is 2. The number of rotatable bonds is 9. The van der Waals surface area contributed by atoms with Crippen molar-refractivity contribution in [1.29, 1.82) is 0 Å². The SMILES string of the molecule is CCOC(=O)c1coc(NC(=O)Nc2c(C)nc(CC(C)C)c(CNC(=O)OC(C)(C)C)c2-c2ccc(C)cc2)n1. The summed E-state index contributed by atoms with van der Waals surface area (Å²) >= 11 is 0. The quantitative estimate of drug-likeness (QED) is 0.253. The number of nitrogens with zero attached hydrogens (tertiary/aromatic N) is 2. The van der Waals surface area contributed by atoms with Gasteiger partial charge in [-0.2, -0.15) is 4.98 Å². The predicted octanol–water partition coefficient (Wildman–Crippen LogP) is 6.40. The van der Waals surface area contributed by atoms with Crippen LogP contribution in [0.15, 0.2) is 34.9 Å². The van der Waals surface area contributed by atoms with E-state index in [2.05, 4.69) is 34.8 Å². The third kappa shape index (κ3) is 8.79. The van der Waals surface area contributed by atoms with E-state index in [-0.39, 0.29) is 30.8 Å². The highest BCUT2D eigenvalue weighted by Crippen LogP contribution is 2.36. The van der Waals surface area contributed by atoms with E-state index in [1.54, 1.807) is 27.7 Å². The molecule has 1 aromatic carbocycles. The summed E-state index contributed by atoms with van der Waals surface area (Å²) in [6.07, 6.45) is 1.21. The van der Waals surface area contributed by atoms with Gasteiger partial charge < -0.3 is 24.5 Å². The molecule has 3 aromatic rings. The molecule has 0 unspecified atom stereocenters. The van der Waals surface area contributed by atoms with Gasteiger partial charge in [0, 0.05) is 23.4 Å². The Hall–Kier alpha value is -4.41. The molecule has 2 heterocycles. The van der Waals surface area contributed by atoms with E-state index in [1.807, 2.05) is 38.1 Å². The van der Waals surface area contributed by atoms with Crippen molar-refractivity contribution in [2.75, 3.05) is 17.2 Å². The average Bonchev–Trinajstić information content (AvgIpc) is 3.32. The summed E-state index contributed by atoms with van der Waals surface area (Å²) in [5.41, 5.74) is 4.52. The maximum Gasteiger partial charge on any atom is 0.407 e. The molecule has 2 aromatic heterocycles. The standard InChI is InChI=1S/C30H39N5O6/c1-9-39-26(36)23-16-40-28(33-23)35-27(37)34-25-19(5)32-22(14-17(2)3)21(15-31-29(38)41-30(6,7)8)24(25)20-12-10-18(4)11-13-20/h10-13,16-17H,9,14-15H2,1-8H3,(H,31,38)(H2,33,34,35,37). The van der Waals surface area contributed by atoms with E-state index in [9.17, 15) is 14.4 Å². The molecule has 0 saturated carbocycles. The molecule has 0 radical (unpaired) electrons. The lowest BCUT2D eigenvalue weighted by molar-refractivity contribution is 0.0511. The molecule has 0 saturated heterocycles. The molecule has 0 spiro atoms. The molecule has 3 amide bonds. The van der Waals surface area contributed by atoms with Gasteiger partial charge in [-0.1, -0.05) is 43.7 Å². The maximum atomic E-state index is 13.1. The number of pyridine rings is 1. The fraction of sp³-hybridized carbons (Fsp3) is 0.433. The number of amides is 3. The van der Waals surface area contributed by atoms with Crippen LogP contribution in [0, 0.1) is 19.8 Å². The van der Waals surface area contributed by atoms with Crippen molar-refractivity contribution >= 4 is 29.8 Å². The van der Waals surface area contributed by atoms with Gasteiger partial charge in [0.15, 0.2) is 5.69 Å². The van der Waals surface area contributed by atoms with Crippen molar-refractivity contribution < 1.29 is 28.3 Å². The van der Waals surface area contributed by atoms with Gasteiger partial charge in [0.05, 0.1) is 18.0 Å². The Labute approximate surface area is 240 Å². The van der Waals surface area contributed by atoms with Crippen molar-refractivity contribution in [3.8, 4) is 11.1 Å². The van der Waals surface area contributed by atoms with Gasteiger partial charge in [-0.25, -0.2) is 14.4 Å². The number of urea groups is 1. The van der Waals surface area contributed by atoms with Crippen LogP contribution in [0.2, 0.25) is 0 Å². The highest BCUT2D eigenvalue weighted by atomic mass is 16.6. The van der Waals surface area contributed by atoms with Crippen molar-refractivity contribution in [1.82, 2.24) is 15.3 Å². The highest BCUT2D eigenvalue weighted by molar-refractivity contribution is 6.02. The molecule has 0 atom stereocenters. The lowest BCUT2D eigenvalue weighted by atomic mass is 9.92. The molecule has 220 valence electrons. The molecule has 0 aliphatic rings. The molecule has 3 N–H and O–H groups in total. The molecule has 11 nitrogen and oxygen atoms in total. The number of anilines is 2. The smallest absolute Gasteiger partial charge is 0.407 e. The second-order valence-electron chi connectivity index (χ2n) is 11.0. The second kappa shape index (κ2) is 13.3. The third-order valence-electron chi connectivity index (χ3n) is 5.76. The Morgan fingerprint density at radius 3 is 2.32 bits per heavy atom. The number of oxazole rings is 1. The van der Waals surface area contributed by atoms with Crippen molar-refractivity contribution in [3.63, 3.8) is 0 Å². The summed E-state index contributed by atoms with van der Waals surface area (Å²) in [6, 6.07) is 7.06. The number of aromatic nitrogens is 2. The van der Waals surface area contributed by atoms with Gasteiger partial charge in [0.2, 0.25) is 0 Å². The lowest BCUT2D eigenvalue weighted by Gasteiger charge is -2.23. The van der Waals surface area contributed by atoms with Gasteiger partial charge in [-0.3, -0.25) is 10.3 Å². The second-order valence-corrected chi connectivity index (χ2v) is 11.0.